The zero-order valence-electron chi connectivity index (χ0n) is 21.6. The molecule has 0 saturated heterocycles. The first kappa shape index (κ1) is 28.9. The maximum absolute atomic E-state index is 10.9. The average molecular weight is 451 g/mol. The molecule has 6 unspecified atom stereocenters. The van der Waals surface area contributed by atoms with Crippen LogP contribution in [0.15, 0.2) is 23.3 Å². The van der Waals surface area contributed by atoms with E-state index in [1.165, 1.54) is 24.0 Å². The molecular formula is C28H50O4. The van der Waals surface area contributed by atoms with Crippen molar-refractivity contribution in [3.63, 3.8) is 0 Å². The first-order chi connectivity index (χ1) is 14.9. The molecule has 0 aromatic rings. The Morgan fingerprint density at radius 2 is 1.84 bits per heavy atom. The largest absolute Gasteiger partial charge is 0.481 e. The van der Waals surface area contributed by atoms with Crippen LogP contribution in [0.5, 0.6) is 0 Å². The molecule has 0 saturated carbocycles. The van der Waals surface area contributed by atoms with Gasteiger partial charge in [-0.3, -0.25) is 4.79 Å². The summed E-state index contributed by atoms with van der Waals surface area (Å²) in [5.41, 5.74) is 2.13. The van der Waals surface area contributed by atoms with E-state index in [2.05, 4.69) is 39.8 Å². The van der Waals surface area contributed by atoms with Gasteiger partial charge in [0.15, 0.2) is 0 Å². The van der Waals surface area contributed by atoms with Crippen LogP contribution in [-0.4, -0.2) is 33.0 Å². The lowest BCUT2D eigenvalue weighted by Crippen LogP contribution is -2.27. The summed E-state index contributed by atoms with van der Waals surface area (Å²) >= 11 is 0. The number of allylic oxidation sites excluding steroid dienone is 3. The minimum absolute atomic E-state index is 0.274. The number of aliphatic hydroxyl groups excluding tert-OH is 1. The van der Waals surface area contributed by atoms with Crippen molar-refractivity contribution in [2.75, 3.05) is 0 Å². The second-order valence-electron chi connectivity index (χ2n) is 11.1. The highest BCUT2D eigenvalue weighted by Crippen LogP contribution is 2.32. The van der Waals surface area contributed by atoms with E-state index >= 15 is 0 Å². The standard InChI is InChI=1S/C28H50O4/c1-20(12-8-16-28(6,32)17-9-13-22(3)27(30)31)10-7-11-21(2)14-15-25-18-23(4)24(5)26(29)19-25/h10,19,21-24,26,29,32H,7-9,11-18H2,1-6H3,(H,30,31)/b20-10+. The Kier molecular flexibility index (Phi) is 12.8. The number of carboxylic acid groups (broad SMARTS) is 1. The van der Waals surface area contributed by atoms with Gasteiger partial charge in [0.05, 0.1) is 17.6 Å². The van der Waals surface area contributed by atoms with Gasteiger partial charge in [0.2, 0.25) is 0 Å². The Labute approximate surface area is 197 Å². The maximum atomic E-state index is 10.9. The second kappa shape index (κ2) is 14.2. The van der Waals surface area contributed by atoms with Crippen LogP contribution in [-0.2, 0) is 4.79 Å². The molecule has 186 valence electrons. The van der Waals surface area contributed by atoms with Gasteiger partial charge in [0.1, 0.15) is 0 Å². The number of aliphatic hydroxyl groups is 2. The fraction of sp³-hybridized carbons (Fsp3) is 0.821. The zero-order chi connectivity index (χ0) is 24.3. The maximum Gasteiger partial charge on any atom is 0.306 e. The third-order valence-corrected chi connectivity index (χ3v) is 7.60. The lowest BCUT2D eigenvalue weighted by Gasteiger charge is -2.30. The molecule has 0 fully saturated rings. The molecule has 0 spiro atoms. The van der Waals surface area contributed by atoms with Crippen molar-refractivity contribution >= 4 is 5.97 Å². The highest BCUT2D eigenvalue weighted by Gasteiger charge is 2.25. The molecule has 0 amide bonds. The van der Waals surface area contributed by atoms with Crippen LogP contribution >= 0.6 is 0 Å². The molecule has 0 aliphatic heterocycles. The SMILES string of the molecule is C/C(=C\CCC(C)CCC1=CC(O)C(C)C(C)C1)CCCC(C)(O)CCCC(C)C(=O)O. The average Bonchev–Trinajstić information content (AvgIpc) is 2.69. The number of hydrogen-bond acceptors (Lipinski definition) is 3. The first-order valence-corrected chi connectivity index (χ1v) is 12.9. The highest BCUT2D eigenvalue weighted by molar-refractivity contribution is 5.69. The molecule has 0 bridgehead atoms. The number of carboxylic acids is 1. The number of aliphatic carboxylic acids is 1. The van der Waals surface area contributed by atoms with Gasteiger partial charge in [-0.25, -0.2) is 0 Å². The summed E-state index contributed by atoms with van der Waals surface area (Å²) < 4.78 is 0. The Morgan fingerprint density at radius 1 is 1.19 bits per heavy atom. The van der Waals surface area contributed by atoms with Gasteiger partial charge in [-0.2, -0.15) is 0 Å². The smallest absolute Gasteiger partial charge is 0.306 e. The van der Waals surface area contributed by atoms with E-state index in [1.54, 1.807) is 6.92 Å². The number of carbonyl (C=O) groups is 1. The lowest BCUT2D eigenvalue weighted by molar-refractivity contribution is -0.141. The highest BCUT2D eigenvalue weighted by atomic mass is 16.4. The van der Waals surface area contributed by atoms with E-state index in [0.29, 0.717) is 30.6 Å². The minimum atomic E-state index is -0.756. The number of hydrogen-bond donors (Lipinski definition) is 3. The van der Waals surface area contributed by atoms with Crippen molar-refractivity contribution in [1.29, 1.82) is 0 Å². The second-order valence-corrected chi connectivity index (χ2v) is 11.1. The normalized spacial score (nSPS) is 25.7. The summed E-state index contributed by atoms with van der Waals surface area (Å²) in [5.74, 6) is 0.528. The summed E-state index contributed by atoms with van der Waals surface area (Å²) in [6.07, 6.45) is 14.7. The van der Waals surface area contributed by atoms with Crippen LogP contribution in [0.4, 0.5) is 0 Å². The van der Waals surface area contributed by atoms with Crippen molar-refractivity contribution in [3.05, 3.63) is 23.3 Å². The predicted octanol–water partition coefficient (Wildman–Crippen LogP) is 6.90. The van der Waals surface area contributed by atoms with Crippen LogP contribution in [0.25, 0.3) is 0 Å². The van der Waals surface area contributed by atoms with E-state index in [9.17, 15) is 15.0 Å². The van der Waals surface area contributed by atoms with Gasteiger partial charge >= 0.3 is 5.97 Å². The van der Waals surface area contributed by atoms with Gasteiger partial charge in [-0.15, -0.1) is 0 Å². The van der Waals surface area contributed by atoms with E-state index in [4.69, 9.17) is 5.11 Å². The predicted molar refractivity (Wildman–Crippen MR) is 134 cm³/mol. The summed E-state index contributed by atoms with van der Waals surface area (Å²) in [7, 11) is 0. The Balaban J connectivity index is 2.22. The summed E-state index contributed by atoms with van der Waals surface area (Å²) in [4.78, 5) is 10.9. The molecule has 0 heterocycles. The van der Waals surface area contributed by atoms with Crippen molar-refractivity contribution in [2.45, 2.75) is 124 Å². The summed E-state index contributed by atoms with van der Waals surface area (Å²) in [6.45, 7) is 12.5. The van der Waals surface area contributed by atoms with E-state index in [0.717, 1.165) is 44.9 Å². The van der Waals surface area contributed by atoms with Crippen molar-refractivity contribution in [1.82, 2.24) is 0 Å². The summed E-state index contributed by atoms with van der Waals surface area (Å²) in [5, 5.41) is 29.7. The molecule has 32 heavy (non-hydrogen) atoms. The molecule has 6 atom stereocenters. The van der Waals surface area contributed by atoms with Gasteiger partial charge in [-0.05, 0) is 102 Å². The Morgan fingerprint density at radius 3 is 2.47 bits per heavy atom. The molecule has 3 N–H and O–H groups in total. The van der Waals surface area contributed by atoms with Crippen LogP contribution in [0.2, 0.25) is 0 Å². The van der Waals surface area contributed by atoms with E-state index in [-0.39, 0.29) is 12.0 Å². The Hall–Kier alpha value is -1.13. The zero-order valence-corrected chi connectivity index (χ0v) is 21.6. The quantitative estimate of drug-likeness (QED) is 0.237. The molecule has 0 aromatic heterocycles. The van der Waals surface area contributed by atoms with Crippen molar-refractivity contribution in [3.8, 4) is 0 Å². The van der Waals surface area contributed by atoms with Crippen LogP contribution < -0.4 is 0 Å². The van der Waals surface area contributed by atoms with E-state index in [1.807, 2.05) is 6.92 Å². The molecular weight excluding hydrogens is 400 g/mol. The molecule has 1 rings (SSSR count). The fourth-order valence-electron chi connectivity index (χ4n) is 4.66. The molecule has 1 aliphatic carbocycles. The molecule has 4 heteroatoms. The van der Waals surface area contributed by atoms with Gasteiger partial charge in [-0.1, -0.05) is 51.0 Å². The summed E-state index contributed by atoms with van der Waals surface area (Å²) in [6, 6.07) is 0. The topological polar surface area (TPSA) is 77.8 Å². The lowest BCUT2D eigenvalue weighted by atomic mass is 9.78. The first-order valence-electron chi connectivity index (χ1n) is 12.9. The third-order valence-electron chi connectivity index (χ3n) is 7.60. The molecule has 0 aromatic carbocycles. The third kappa shape index (κ3) is 11.7. The minimum Gasteiger partial charge on any atom is -0.481 e. The van der Waals surface area contributed by atoms with Crippen LogP contribution in [0.1, 0.15) is 112 Å². The fourth-order valence-corrected chi connectivity index (χ4v) is 4.66. The molecule has 4 nitrogen and oxygen atoms in total. The number of rotatable bonds is 15. The van der Waals surface area contributed by atoms with Crippen LogP contribution in [0, 0.1) is 23.7 Å². The van der Waals surface area contributed by atoms with Crippen molar-refractivity contribution in [2.24, 2.45) is 23.7 Å². The monoisotopic (exact) mass is 450 g/mol. The van der Waals surface area contributed by atoms with Gasteiger partial charge in [0.25, 0.3) is 0 Å². The van der Waals surface area contributed by atoms with Crippen LogP contribution in [0.3, 0.4) is 0 Å². The van der Waals surface area contributed by atoms with Gasteiger partial charge in [0, 0.05) is 0 Å². The molecule has 1 aliphatic rings. The van der Waals surface area contributed by atoms with Crippen molar-refractivity contribution < 1.29 is 20.1 Å². The molecule has 0 radical (unpaired) electrons. The Bertz CT molecular complexity index is 619. The van der Waals surface area contributed by atoms with Gasteiger partial charge < -0.3 is 15.3 Å². The van der Waals surface area contributed by atoms with E-state index < -0.39 is 11.6 Å².